The van der Waals surface area contributed by atoms with Gasteiger partial charge in [0.05, 0.1) is 106 Å². The molecular formula is C45H71N7O18. The van der Waals surface area contributed by atoms with Gasteiger partial charge in [0.2, 0.25) is 29.5 Å². The zero-order valence-electron chi connectivity index (χ0n) is 39.9. The van der Waals surface area contributed by atoms with Crippen LogP contribution in [0.25, 0.3) is 0 Å². The molecule has 0 radical (unpaired) electrons. The maximum atomic E-state index is 13.1. The summed E-state index contributed by atoms with van der Waals surface area (Å²) in [7, 11) is 0. The Bertz CT molecular complexity index is 1650. The van der Waals surface area contributed by atoms with E-state index in [2.05, 4.69) is 26.6 Å². The van der Waals surface area contributed by atoms with Crippen molar-refractivity contribution < 1.29 is 85.8 Å². The van der Waals surface area contributed by atoms with E-state index in [1.807, 2.05) is 0 Å². The molecule has 0 aromatic carbocycles. The van der Waals surface area contributed by atoms with Crippen molar-refractivity contribution in [3.05, 3.63) is 24.3 Å². The van der Waals surface area contributed by atoms with E-state index in [-0.39, 0.29) is 136 Å². The Balaban J connectivity index is 1.57. The van der Waals surface area contributed by atoms with Gasteiger partial charge in [-0.3, -0.25) is 53.0 Å². The van der Waals surface area contributed by atoms with Crippen molar-refractivity contribution in [3.8, 4) is 0 Å². The molecule has 25 nitrogen and oxygen atoms in total. The Morgan fingerprint density at radius 3 is 1.23 bits per heavy atom. The van der Waals surface area contributed by atoms with Gasteiger partial charge in [-0.2, -0.15) is 0 Å². The van der Waals surface area contributed by atoms with Crippen LogP contribution in [0.5, 0.6) is 0 Å². The number of amides is 9. The first-order valence-electron chi connectivity index (χ1n) is 23.5. The fourth-order valence-electron chi connectivity index (χ4n) is 5.99. The molecule has 0 unspecified atom stereocenters. The average Bonchev–Trinajstić information content (AvgIpc) is 3.85. The van der Waals surface area contributed by atoms with Gasteiger partial charge in [0.1, 0.15) is 12.3 Å². The second kappa shape index (κ2) is 40.2. The first-order chi connectivity index (χ1) is 34.0. The number of hydrogen-bond acceptors (Lipinski definition) is 18. The minimum absolute atomic E-state index is 0.00178. The molecule has 0 saturated heterocycles. The number of carbonyl (C=O) groups is 10. The third-order valence-electron chi connectivity index (χ3n) is 9.69. The summed E-state index contributed by atoms with van der Waals surface area (Å²) in [4.78, 5) is 121. The highest BCUT2D eigenvalue weighted by molar-refractivity contribution is 6.13. The van der Waals surface area contributed by atoms with Crippen molar-refractivity contribution in [2.45, 2.75) is 57.4 Å². The van der Waals surface area contributed by atoms with Crippen molar-refractivity contribution in [1.82, 2.24) is 36.4 Å². The molecule has 0 spiro atoms. The molecule has 25 heteroatoms. The Morgan fingerprint density at radius 2 is 0.786 bits per heavy atom. The first kappa shape index (κ1) is 60.6. The highest BCUT2D eigenvalue weighted by Crippen LogP contribution is 2.06. The highest BCUT2D eigenvalue weighted by Gasteiger charge is 2.25. The molecule has 70 heavy (non-hydrogen) atoms. The summed E-state index contributed by atoms with van der Waals surface area (Å²) in [5, 5.41) is 13.6. The average molecular weight is 998 g/mol. The van der Waals surface area contributed by atoms with Crippen LogP contribution in [0.2, 0.25) is 0 Å². The monoisotopic (exact) mass is 997 g/mol. The lowest BCUT2D eigenvalue weighted by Crippen LogP contribution is -2.47. The molecule has 0 saturated carbocycles. The zero-order valence-corrected chi connectivity index (χ0v) is 39.9. The van der Waals surface area contributed by atoms with Gasteiger partial charge in [0, 0.05) is 95.7 Å². The van der Waals surface area contributed by atoms with Gasteiger partial charge in [-0.1, -0.05) is 0 Å². The zero-order chi connectivity index (χ0) is 50.9. The summed E-state index contributed by atoms with van der Waals surface area (Å²) in [5.41, 5.74) is 0. The van der Waals surface area contributed by atoms with Crippen LogP contribution in [-0.4, -0.2) is 220 Å². The van der Waals surface area contributed by atoms with Gasteiger partial charge in [-0.05, 0) is 19.3 Å². The van der Waals surface area contributed by atoms with E-state index in [1.165, 1.54) is 0 Å². The number of carbonyl (C=O) groups excluding carboxylic acids is 10. The van der Waals surface area contributed by atoms with Crippen molar-refractivity contribution >= 4 is 59.5 Å². The van der Waals surface area contributed by atoms with Crippen molar-refractivity contribution in [2.24, 2.45) is 0 Å². The van der Waals surface area contributed by atoms with Gasteiger partial charge in [0.25, 0.3) is 23.6 Å². The van der Waals surface area contributed by atoms with Crippen LogP contribution in [0, 0.1) is 0 Å². The van der Waals surface area contributed by atoms with E-state index in [4.69, 9.17) is 37.9 Å². The maximum absolute atomic E-state index is 13.1. The molecule has 2 aliphatic heterocycles. The van der Waals surface area contributed by atoms with Crippen LogP contribution >= 0.6 is 0 Å². The summed E-state index contributed by atoms with van der Waals surface area (Å²) in [6.07, 6.45) is 7.19. The number of unbranched alkanes of at least 4 members (excludes halogenated alkanes) is 1. The predicted molar refractivity (Wildman–Crippen MR) is 245 cm³/mol. The fraction of sp³-hybridized carbons (Fsp3) is 0.689. The number of aldehydes is 1. The molecule has 0 aromatic heterocycles. The normalized spacial score (nSPS) is 13.5. The Hall–Kier alpha value is -5.54. The lowest BCUT2D eigenvalue weighted by molar-refractivity contribution is -0.139. The number of hydrogen-bond donors (Lipinski definition) is 5. The van der Waals surface area contributed by atoms with Crippen molar-refractivity contribution in [3.63, 3.8) is 0 Å². The second-order valence-corrected chi connectivity index (χ2v) is 15.1. The van der Waals surface area contributed by atoms with E-state index < -0.39 is 41.5 Å². The molecule has 0 aliphatic carbocycles. The molecule has 2 heterocycles. The Labute approximate surface area is 407 Å². The smallest absolute Gasteiger partial charge is 0.253 e. The van der Waals surface area contributed by atoms with Crippen LogP contribution in [0.4, 0.5) is 0 Å². The van der Waals surface area contributed by atoms with Gasteiger partial charge in [-0.15, -0.1) is 0 Å². The summed E-state index contributed by atoms with van der Waals surface area (Å²) in [6, 6.07) is -0.850. The molecule has 0 bridgehead atoms. The Morgan fingerprint density at radius 1 is 0.429 bits per heavy atom. The third-order valence-corrected chi connectivity index (χ3v) is 9.69. The minimum atomic E-state index is -0.850. The maximum Gasteiger partial charge on any atom is 0.253 e. The third kappa shape index (κ3) is 30.8. The molecule has 2 rings (SSSR count). The second-order valence-electron chi connectivity index (χ2n) is 15.1. The van der Waals surface area contributed by atoms with Gasteiger partial charge >= 0.3 is 0 Å². The largest absolute Gasteiger partial charge is 0.379 e. The van der Waals surface area contributed by atoms with Crippen LogP contribution in [0.1, 0.15) is 51.4 Å². The Kier molecular flexibility index (Phi) is 34.8. The highest BCUT2D eigenvalue weighted by atomic mass is 16.6. The number of ether oxygens (including phenoxy) is 8. The molecule has 9 amide bonds. The van der Waals surface area contributed by atoms with E-state index >= 15 is 0 Å². The van der Waals surface area contributed by atoms with E-state index in [0.717, 1.165) is 40.4 Å². The van der Waals surface area contributed by atoms with Crippen molar-refractivity contribution in [2.75, 3.05) is 145 Å². The molecule has 394 valence electrons. The standard InChI is InChI=1S/C45H71N7O18/c53-19-3-20-63-26-32-69-34-35-70-33-31-68-25-16-49-45(62)36(50-40(57)12-22-65-28-30-67-24-15-48-38(55)10-18-52-43(60)7-8-44(52)61)4-1-2-13-46-39(56)11-21-64-27-29-66-23-14-47-37(54)9-17-51-41(58)5-6-42(51)59/h5-8,19,36H,1-4,9-18,20-35H2,(H,46,56)(H,47,54)(H,48,55)(H,49,62)(H,50,57)/t36-/m0/s1. The number of imide groups is 2. The number of rotatable bonds is 46. The van der Waals surface area contributed by atoms with E-state index in [0.29, 0.717) is 78.5 Å². The molecule has 0 aromatic rings. The summed E-state index contributed by atoms with van der Waals surface area (Å²) in [6.45, 7) is 5.25. The van der Waals surface area contributed by atoms with Crippen LogP contribution in [0.3, 0.4) is 0 Å². The number of nitrogens with one attached hydrogen (secondary N) is 5. The first-order valence-corrected chi connectivity index (χ1v) is 23.5. The quantitative estimate of drug-likeness (QED) is 0.0234. The van der Waals surface area contributed by atoms with E-state index in [9.17, 15) is 47.9 Å². The summed E-state index contributed by atoms with van der Waals surface area (Å²) in [5.74, 6) is -3.44. The lowest BCUT2D eigenvalue weighted by Gasteiger charge is -2.19. The van der Waals surface area contributed by atoms with Gasteiger partial charge < -0.3 is 69.3 Å². The minimum Gasteiger partial charge on any atom is -0.379 e. The van der Waals surface area contributed by atoms with Gasteiger partial charge in [0.15, 0.2) is 0 Å². The molecular weight excluding hydrogens is 927 g/mol. The lowest BCUT2D eigenvalue weighted by atomic mass is 10.1. The molecule has 5 N–H and O–H groups in total. The summed E-state index contributed by atoms with van der Waals surface area (Å²) < 4.78 is 43.4. The van der Waals surface area contributed by atoms with Gasteiger partial charge in [-0.25, -0.2) is 0 Å². The number of nitrogens with zero attached hydrogens (tertiary/aromatic N) is 2. The molecule has 2 aliphatic rings. The predicted octanol–water partition coefficient (Wildman–Crippen LogP) is -2.76. The van der Waals surface area contributed by atoms with Crippen LogP contribution in [-0.2, 0) is 85.8 Å². The topological polar surface area (TPSA) is 311 Å². The summed E-state index contributed by atoms with van der Waals surface area (Å²) >= 11 is 0. The van der Waals surface area contributed by atoms with Crippen molar-refractivity contribution in [1.29, 1.82) is 0 Å². The fourth-order valence-corrected chi connectivity index (χ4v) is 5.99. The van der Waals surface area contributed by atoms with Crippen LogP contribution in [0.15, 0.2) is 24.3 Å². The van der Waals surface area contributed by atoms with Crippen LogP contribution < -0.4 is 26.6 Å². The van der Waals surface area contributed by atoms with E-state index in [1.54, 1.807) is 0 Å². The SMILES string of the molecule is O=CCCOCCOCCOCCOCCNC(=O)[C@H](CCCCNC(=O)CCOCCOCCNC(=O)CCN1C(=O)C=CC1=O)NC(=O)CCOCCOCCNC(=O)CCN1C(=O)C=CC1=O. The molecule has 1 atom stereocenters. The molecule has 0 fully saturated rings.